The number of amides is 1. The van der Waals surface area contributed by atoms with E-state index in [0.717, 1.165) is 0 Å². The SMILES string of the molecule is COCCS(=O)(=O)c1ccc(C(=O)Nc2cc(C(F)(F)F)ccc2F)cc1. The lowest BCUT2D eigenvalue weighted by atomic mass is 10.1. The van der Waals surface area contributed by atoms with Gasteiger partial charge in [-0.15, -0.1) is 0 Å². The number of nitrogens with one attached hydrogen (secondary N) is 1. The van der Waals surface area contributed by atoms with E-state index in [2.05, 4.69) is 0 Å². The molecule has 5 nitrogen and oxygen atoms in total. The first-order valence-electron chi connectivity index (χ1n) is 7.54. The van der Waals surface area contributed by atoms with Gasteiger partial charge >= 0.3 is 6.18 Å². The van der Waals surface area contributed by atoms with E-state index >= 15 is 0 Å². The number of ether oxygens (including phenoxy) is 1. The number of anilines is 1. The maximum absolute atomic E-state index is 13.7. The van der Waals surface area contributed by atoms with Gasteiger partial charge in [0, 0.05) is 12.7 Å². The maximum atomic E-state index is 13.7. The lowest BCUT2D eigenvalue weighted by molar-refractivity contribution is -0.137. The van der Waals surface area contributed by atoms with E-state index in [9.17, 15) is 30.8 Å². The fourth-order valence-corrected chi connectivity index (χ4v) is 3.29. The number of rotatable bonds is 6. The molecule has 0 spiro atoms. The summed E-state index contributed by atoms with van der Waals surface area (Å²) in [6, 6.07) is 6.37. The average molecular weight is 405 g/mol. The number of carbonyl (C=O) groups is 1. The van der Waals surface area contributed by atoms with Crippen LogP contribution in [0.15, 0.2) is 47.4 Å². The third-order valence-electron chi connectivity index (χ3n) is 3.57. The zero-order valence-electron chi connectivity index (χ0n) is 14.0. The molecule has 0 heterocycles. The minimum absolute atomic E-state index is 0.000602. The summed E-state index contributed by atoms with van der Waals surface area (Å²) in [5.41, 5.74) is -1.79. The molecule has 10 heteroatoms. The molecule has 0 aliphatic carbocycles. The van der Waals surface area contributed by atoms with Crippen LogP contribution < -0.4 is 5.32 Å². The standard InChI is InChI=1S/C17H15F4NO4S/c1-26-8-9-27(24,25)13-5-2-11(3-6-13)16(23)22-15-10-12(17(19,20)21)4-7-14(15)18/h2-7,10H,8-9H2,1H3,(H,22,23). The molecule has 2 aromatic rings. The summed E-state index contributed by atoms with van der Waals surface area (Å²) in [6.07, 6.45) is -4.69. The van der Waals surface area contributed by atoms with Gasteiger partial charge in [0.25, 0.3) is 5.91 Å². The zero-order chi connectivity index (χ0) is 20.2. The Morgan fingerprint density at radius 2 is 1.74 bits per heavy atom. The highest BCUT2D eigenvalue weighted by molar-refractivity contribution is 7.91. The Kier molecular flexibility index (Phi) is 6.22. The van der Waals surface area contributed by atoms with E-state index in [4.69, 9.17) is 4.74 Å². The highest BCUT2D eigenvalue weighted by atomic mass is 32.2. The van der Waals surface area contributed by atoms with Crippen molar-refractivity contribution >= 4 is 21.4 Å². The number of sulfone groups is 1. The van der Waals surface area contributed by atoms with Gasteiger partial charge in [0.05, 0.1) is 28.5 Å². The molecule has 0 fully saturated rings. The maximum Gasteiger partial charge on any atom is 0.416 e. The average Bonchev–Trinajstić information content (AvgIpc) is 2.61. The van der Waals surface area contributed by atoms with E-state index < -0.39 is 39.0 Å². The van der Waals surface area contributed by atoms with Crippen LogP contribution in [0.3, 0.4) is 0 Å². The van der Waals surface area contributed by atoms with Crippen molar-refractivity contribution in [2.75, 3.05) is 24.8 Å². The van der Waals surface area contributed by atoms with E-state index in [0.29, 0.717) is 18.2 Å². The Hall–Kier alpha value is -2.46. The third kappa shape index (κ3) is 5.27. The minimum Gasteiger partial charge on any atom is -0.384 e. The van der Waals surface area contributed by atoms with Gasteiger partial charge in [-0.05, 0) is 42.5 Å². The molecule has 146 valence electrons. The summed E-state index contributed by atoms with van der Waals surface area (Å²) in [6.45, 7) is -0.000602. The van der Waals surface area contributed by atoms with Gasteiger partial charge < -0.3 is 10.1 Å². The van der Waals surface area contributed by atoms with Crippen molar-refractivity contribution in [3.05, 3.63) is 59.4 Å². The Bertz CT molecular complexity index is 925. The first-order chi connectivity index (χ1) is 12.5. The molecular weight excluding hydrogens is 390 g/mol. The van der Waals surface area contributed by atoms with E-state index in [-0.39, 0.29) is 22.8 Å². The summed E-state index contributed by atoms with van der Waals surface area (Å²) in [5.74, 6) is -2.16. The second kappa shape index (κ2) is 8.05. The van der Waals surface area contributed by atoms with Gasteiger partial charge in [-0.3, -0.25) is 4.79 Å². The lowest BCUT2D eigenvalue weighted by Crippen LogP contribution is -2.15. The summed E-state index contributed by atoms with van der Waals surface area (Å²) in [4.78, 5) is 12.1. The molecule has 0 radical (unpaired) electrons. The molecule has 0 saturated carbocycles. The van der Waals surface area contributed by atoms with E-state index in [1.54, 1.807) is 0 Å². The van der Waals surface area contributed by atoms with Gasteiger partial charge in [-0.25, -0.2) is 12.8 Å². The molecule has 0 saturated heterocycles. The van der Waals surface area contributed by atoms with E-state index in [1.807, 2.05) is 5.32 Å². The van der Waals surface area contributed by atoms with Crippen LogP contribution in [0, 0.1) is 5.82 Å². The van der Waals surface area contributed by atoms with Crippen LogP contribution in [-0.2, 0) is 20.8 Å². The molecular formula is C17H15F4NO4S. The van der Waals surface area contributed by atoms with Gasteiger partial charge in [0.1, 0.15) is 5.82 Å². The highest BCUT2D eigenvalue weighted by Crippen LogP contribution is 2.32. The normalized spacial score (nSPS) is 12.0. The monoisotopic (exact) mass is 405 g/mol. The van der Waals surface area contributed by atoms with Crippen molar-refractivity contribution in [3.63, 3.8) is 0 Å². The molecule has 27 heavy (non-hydrogen) atoms. The van der Waals surface area contributed by atoms with Crippen LogP contribution in [-0.4, -0.2) is 33.8 Å². The molecule has 1 amide bonds. The van der Waals surface area contributed by atoms with Crippen LogP contribution in [0.2, 0.25) is 0 Å². The summed E-state index contributed by atoms with van der Waals surface area (Å²) < 4.78 is 80.5. The quantitative estimate of drug-likeness (QED) is 0.747. The molecule has 0 atom stereocenters. The topological polar surface area (TPSA) is 72.5 Å². The molecule has 2 aromatic carbocycles. The first kappa shape index (κ1) is 20.8. The Morgan fingerprint density at radius 1 is 1.11 bits per heavy atom. The van der Waals surface area contributed by atoms with Crippen molar-refractivity contribution in [2.24, 2.45) is 0 Å². The second-order valence-corrected chi connectivity index (χ2v) is 7.59. The summed E-state index contributed by atoms with van der Waals surface area (Å²) >= 11 is 0. The van der Waals surface area contributed by atoms with Crippen molar-refractivity contribution in [3.8, 4) is 0 Å². The fourth-order valence-electron chi connectivity index (χ4n) is 2.12. The Labute approximate surface area is 152 Å². The van der Waals surface area contributed by atoms with Crippen molar-refractivity contribution in [1.29, 1.82) is 0 Å². The Morgan fingerprint density at radius 3 is 2.30 bits per heavy atom. The van der Waals surface area contributed by atoms with Crippen LogP contribution in [0.4, 0.5) is 23.2 Å². The van der Waals surface area contributed by atoms with Crippen molar-refractivity contribution < 1.29 is 35.5 Å². The molecule has 2 rings (SSSR count). The molecule has 0 aromatic heterocycles. The predicted molar refractivity (Wildman–Crippen MR) is 89.7 cm³/mol. The van der Waals surface area contributed by atoms with Gasteiger partial charge in [-0.1, -0.05) is 0 Å². The lowest BCUT2D eigenvalue weighted by Gasteiger charge is -2.11. The number of carbonyl (C=O) groups excluding carboxylic acids is 1. The summed E-state index contributed by atoms with van der Waals surface area (Å²) in [5, 5.41) is 2.05. The molecule has 0 bridgehead atoms. The van der Waals surface area contributed by atoms with Crippen molar-refractivity contribution in [2.45, 2.75) is 11.1 Å². The van der Waals surface area contributed by atoms with Gasteiger partial charge in [0.2, 0.25) is 0 Å². The van der Waals surface area contributed by atoms with Crippen LogP contribution in [0.5, 0.6) is 0 Å². The Balaban J connectivity index is 2.20. The third-order valence-corrected chi connectivity index (χ3v) is 5.27. The highest BCUT2D eigenvalue weighted by Gasteiger charge is 2.31. The number of halogens is 4. The molecule has 0 aliphatic heterocycles. The van der Waals surface area contributed by atoms with Crippen LogP contribution >= 0.6 is 0 Å². The number of benzene rings is 2. The van der Waals surface area contributed by atoms with Gasteiger partial charge in [0.15, 0.2) is 9.84 Å². The van der Waals surface area contributed by atoms with Crippen LogP contribution in [0.1, 0.15) is 15.9 Å². The molecule has 0 unspecified atom stereocenters. The minimum atomic E-state index is -4.69. The largest absolute Gasteiger partial charge is 0.416 e. The predicted octanol–water partition coefficient (Wildman–Crippen LogP) is 3.52. The fraction of sp³-hybridized carbons (Fsp3) is 0.235. The van der Waals surface area contributed by atoms with Crippen molar-refractivity contribution in [1.82, 2.24) is 0 Å². The number of hydrogen-bond acceptors (Lipinski definition) is 4. The zero-order valence-corrected chi connectivity index (χ0v) is 14.8. The first-order valence-corrected chi connectivity index (χ1v) is 9.19. The second-order valence-electron chi connectivity index (χ2n) is 5.48. The number of alkyl halides is 3. The van der Waals surface area contributed by atoms with E-state index in [1.165, 1.54) is 31.4 Å². The summed E-state index contributed by atoms with van der Waals surface area (Å²) in [7, 11) is -2.24. The van der Waals surface area contributed by atoms with Gasteiger partial charge in [-0.2, -0.15) is 13.2 Å². The molecule has 1 N–H and O–H groups in total. The number of hydrogen-bond donors (Lipinski definition) is 1. The smallest absolute Gasteiger partial charge is 0.384 e. The molecule has 0 aliphatic rings. The van der Waals surface area contributed by atoms with Crippen LogP contribution in [0.25, 0.3) is 0 Å². The number of methoxy groups -OCH3 is 1.